The smallest absolute Gasteiger partial charge is 0.331 e. The molecule has 2 heterocycles. The fourth-order valence-corrected chi connectivity index (χ4v) is 4.29. The molecule has 2 bridgehead atoms. The average Bonchev–Trinajstić information content (AvgIpc) is 3.05. The van der Waals surface area contributed by atoms with Gasteiger partial charge >= 0.3 is 11.9 Å². The highest BCUT2D eigenvalue weighted by atomic mass is 79.9. The van der Waals surface area contributed by atoms with Crippen molar-refractivity contribution in [2.45, 2.75) is 71.1 Å². The minimum absolute atomic E-state index is 0.0239. The molecule has 1 aliphatic rings. The van der Waals surface area contributed by atoms with Gasteiger partial charge in [-0.3, -0.25) is 4.79 Å². The quantitative estimate of drug-likeness (QED) is 0.597. The lowest BCUT2D eigenvalue weighted by molar-refractivity contribution is -0.420. The van der Waals surface area contributed by atoms with Crippen LogP contribution in [0.4, 0.5) is 0 Å². The van der Waals surface area contributed by atoms with E-state index in [-0.39, 0.29) is 18.1 Å². The van der Waals surface area contributed by atoms with Crippen LogP contribution in [-0.4, -0.2) is 35.2 Å². The Morgan fingerprint density at radius 2 is 2.07 bits per heavy atom. The molecule has 0 saturated heterocycles. The molecule has 0 radical (unpaired) electrons. The summed E-state index contributed by atoms with van der Waals surface area (Å²) in [4.78, 5) is 29.1. The van der Waals surface area contributed by atoms with Crippen molar-refractivity contribution in [2.24, 2.45) is 0 Å². The summed E-state index contributed by atoms with van der Waals surface area (Å²) in [6.07, 6.45) is 9.04. The fourth-order valence-electron chi connectivity index (χ4n) is 3.13. The summed E-state index contributed by atoms with van der Waals surface area (Å²) >= 11 is 4.96. The molecular weight excluding hydrogens is 468 g/mol. The summed E-state index contributed by atoms with van der Waals surface area (Å²) in [6, 6.07) is -0.0239. The van der Waals surface area contributed by atoms with E-state index in [0.29, 0.717) is 19.3 Å². The van der Waals surface area contributed by atoms with Crippen LogP contribution < -0.4 is 5.73 Å². The molecule has 3 atom stereocenters. The third kappa shape index (κ3) is 9.36. The number of ether oxygens (including phenoxy) is 2. The van der Waals surface area contributed by atoms with E-state index < -0.39 is 12.1 Å². The van der Waals surface area contributed by atoms with Gasteiger partial charge in [-0.15, -0.1) is 11.3 Å². The lowest BCUT2D eigenvalue weighted by Crippen LogP contribution is -2.61. The molecule has 30 heavy (non-hydrogen) atoms. The molecular formula is C22H30BrN2O4S+. The summed E-state index contributed by atoms with van der Waals surface area (Å²) < 4.78 is 12.0. The molecule has 0 unspecified atom stereocenters. The van der Waals surface area contributed by atoms with Crippen LogP contribution in [0.15, 0.2) is 39.7 Å². The number of esters is 2. The maximum absolute atomic E-state index is 12.3. The van der Waals surface area contributed by atoms with Crippen LogP contribution in [0.1, 0.15) is 50.7 Å². The van der Waals surface area contributed by atoms with Crippen molar-refractivity contribution in [2.75, 3.05) is 0 Å². The van der Waals surface area contributed by atoms with Gasteiger partial charge in [0.25, 0.3) is 0 Å². The van der Waals surface area contributed by atoms with Gasteiger partial charge in [0.2, 0.25) is 0 Å². The number of aryl methyl sites for hydroxylation is 1. The molecule has 1 aliphatic heterocycles. The summed E-state index contributed by atoms with van der Waals surface area (Å²) in [6.45, 7) is 5.70. The Bertz CT molecular complexity index is 827. The second-order valence-corrected chi connectivity index (χ2v) is 9.84. The van der Waals surface area contributed by atoms with Gasteiger partial charge in [0.05, 0.1) is 23.2 Å². The van der Waals surface area contributed by atoms with Gasteiger partial charge in [-0.1, -0.05) is 33.7 Å². The molecule has 0 aliphatic carbocycles. The summed E-state index contributed by atoms with van der Waals surface area (Å²) in [5.74, 6) is -0.644. The molecule has 2 rings (SSSR count). The number of rotatable bonds is 1. The number of nitrogens with zero attached hydrogens (tertiary/aromatic N) is 1. The number of fused-ring (bicyclic) bond motifs is 2. The predicted molar refractivity (Wildman–Crippen MR) is 121 cm³/mol. The molecule has 0 spiro atoms. The number of carbonyl (C=O) groups is 2. The van der Waals surface area contributed by atoms with Crippen LogP contribution in [-0.2, 0) is 31.9 Å². The summed E-state index contributed by atoms with van der Waals surface area (Å²) in [5, 5.41) is 2.91. The molecule has 6 nitrogen and oxygen atoms in total. The Balaban J connectivity index is 2.20. The van der Waals surface area contributed by atoms with E-state index in [0.717, 1.165) is 33.6 Å². The van der Waals surface area contributed by atoms with Crippen molar-refractivity contribution >= 4 is 39.2 Å². The molecule has 0 fully saturated rings. The maximum atomic E-state index is 12.3. The van der Waals surface area contributed by atoms with Crippen molar-refractivity contribution in [1.29, 1.82) is 0 Å². The van der Waals surface area contributed by atoms with E-state index in [9.17, 15) is 9.59 Å². The number of allylic oxidation sites excluding steroid dienone is 3. The van der Waals surface area contributed by atoms with Gasteiger partial charge < -0.3 is 15.2 Å². The average molecular weight is 498 g/mol. The normalized spacial score (nSPS) is 28.2. The second kappa shape index (κ2) is 12.2. The van der Waals surface area contributed by atoms with Crippen molar-refractivity contribution in [1.82, 2.24) is 4.98 Å². The molecule has 1 aromatic heterocycles. The van der Waals surface area contributed by atoms with E-state index in [1.165, 1.54) is 6.08 Å². The fraction of sp³-hybridized carbons (Fsp3) is 0.500. The number of hydrogen-bond donors (Lipinski definition) is 1. The maximum Gasteiger partial charge on any atom is 0.331 e. The zero-order valence-corrected chi connectivity index (χ0v) is 20.1. The number of aromatic nitrogens is 1. The van der Waals surface area contributed by atoms with E-state index >= 15 is 0 Å². The van der Waals surface area contributed by atoms with Crippen molar-refractivity contribution in [3.05, 3.63) is 50.4 Å². The first-order valence-corrected chi connectivity index (χ1v) is 11.7. The van der Waals surface area contributed by atoms with Gasteiger partial charge in [-0.25, -0.2) is 9.78 Å². The van der Waals surface area contributed by atoms with E-state index in [1.54, 1.807) is 17.4 Å². The van der Waals surface area contributed by atoms with Gasteiger partial charge in [0.15, 0.2) is 0 Å². The molecule has 1 aromatic rings. The Morgan fingerprint density at radius 3 is 2.80 bits per heavy atom. The SMILES string of the molecule is C/C(Br)=C\[C@@H]1Cc2nc(cs2)CC[C@@H]([NH3+])CC(=O)O[C@@H](C)C/C(C)=C/C=C\C(=O)O1. The van der Waals surface area contributed by atoms with Gasteiger partial charge in [0.1, 0.15) is 12.2 Å². The first kappa shape index (κ1) is 24.5. The number of quaternary nitrogens is 1. The number of thiazole rings is 1. The highest BCUT2D eigenvalue weighted by Crippen LogP contribution is 2.18. The van der Waals surface area contributed by atoms with Crippen molar-refractivity contribution in [3.8, 4) is 0 Å². The van der Waals surface area contributed by atoms with Gasteiger partial charge in [0, 0.05) is 30.7 Å². The van der Waals surface area contributed by atoms with Crippen LogP contribution >= 0.6 is 27.3 Å². The Morgan fingerprint density at radius 1 is 1.30 bits per heavy atom. The molecule has 8 heteroatoms. The number of carbonyl (C=O) groups excluding carboxylic acids is 2. The Kier molecular flexibility index (Phi) is 9.94. The zero-order valence-electron chi connectivity index (χ0n) is 17.7. The second-order valence-electron chi connectivity index (χ2n) is 7.65. The van der Waals surface area contributed by atoms with Crippen molar-refractivity contribution < 1.29 is 24.8 Å². The predicted octanol–water partition coefficient (Wildman–Crippen LogP) is 3.67. The molecule has 0 amide bonds. The first-order valence-electron chi connectivity index (χ1n) is 10.1. The molecule has 3 N–H and O–H groups in total. The standard InChI is InChI=1S/C22H29BrN2O4S/c1-14-5-4-6-21(26)29-19(10-15(2)23)12-20-25-18(13-30-20)8-7-17(24)11-22(27)28-16(3)9-14/h4-6,10,13,16-17,19H,7-9,11-12,24H2,1-3H3/p+1/b6-4-,14-5+,15-10+/t16-,17+,19+/m0/s1. The van der Waals surface area contributed by atoms with Gasteiger partial charge in [-0.05, 0) is 37.8 Å². The molecule has 164 valence electrons. The molecule has 0 saturated carbocycles. The van der Waals surface area contributed by atoms with E-state index in [4.69, 9.17) is 9.47 Å². The number of hydrogen-bond acceptors (Lipinski definition) is 6. The third-order valence-corrected chi connectivity index (χ3v) is 5.66. The van der Waals surface area contributed by atoms with Crippen molar-refractivity contribution in [3.63, 3.8) is 0 Å². The first-order chi connectivity index (χ1) is 14.2. The minimum Gasteiger partial charge on any atom is -0.462 e. The van der Waals surface area contributed by atoms with Crippen LogP contribution in [0.5, 0.6) is 0 Å². The van der Waals surface area contributed by atoms with Crippen LogP contribution in [0, 0.1) is 0 Å². The summed E-state index contributed by atoms with van der Waals surface area (Å²) in [7, 11) is 0. The van der Waals surface area contributed by atoms with Crippen LogP contribution in [0.25, 0.3) is 0 Å². The van der Waals surface area contributed by atoms with E-state index in [1.807, 2.05) is 38.3 Å². The third-order valence-electron chi connectivity index (χ3n) is 4.48. The number of cyclic esters (lactones) is 2. The lowest BCUT2D eigenvalue weighted by atomic mass is 10.1. The Labute approximate surface area is 190 Å². The number of halogens is 1. The minimum atomic E-state index is -0.414. The highest BCUT2D eigenvalue weighted by Gasteiger charge is 2.18. The van der Waals surface area contributed by atoms with E-state index in [2.05, 4.69) is 26.6 Å². The zero-order chi connectivity index (χ0) is 22.1. The highest BCUT2D eigenvalue weighted by molar-refractivity contribution is 9.11. The Hall–Kier alpha value is -1.77. The lowest BCUT2D eigenvalue weighted by Gasteiger charge is -2.14. The monoisotopic (exact) mass is 497 g/mol. The topological polar surface area (TPSA) is 93.1 Å². The van der Waals surface area contributed by atoms with Crippen LogP contribution in [0.3, 0.4) is 0 Å². The summed E-state index contributed by atoms with van der Waals surface area (Å²) in [5.41, 5.74) is 6.06. The van der Waals surface area contributed by atoms with Crippen LogP contribution in [0.2, 0.25) is 0 Å². The van der Waals surface area contributed by atoms with Gasteiger partial charge in [-0.2, -0.15) is 0 Å². The largest absolute Gasteiger partial charge is 0.462 e. The molecule has 0 aromatic carbocycles.